The lowest BCUT2D eigenvalue weighted by atomic mass is 9.85. The highest BCUT2D eigenvalue weighted by Gasteiger charge is 2.35. The Bertz CT molecular complexity index is 646. The van der Waals surface area contributed by atoms with Crippen LogP contribution in [0.1, 0.15) is 18.4 Å². The van der Waals surface area contributed by atoms with E-state index in [0.717, 1.165) is 0 Å². The average molecular weight is 290 g/mol. The second-order valence-corrected chi connectivity index (χ2v) is 4.46. The van der Waals surface area contributed by atoms with Crippen LogP contribution in [-0.4, -0.2) is 35.0 Å². The van der Waals surface area contributed by atoms with Crippen LogP contribution < -0.4 is 10.2 Å². The molecule has 7 nitrogen and oxygen atoms in total. The summed E-state index contributed by atoms with van der Waals surface area (Å²) in [5, 5.41) is 22.4. The van der Waals surface area contributed by atoms with Crippen molar-refractivity contribution in [2.75, 3.05) is 7.11 Å². The molecule has 0 fully saturated rings. The van der Waals surface area contributed by atoms with Gasteiger partial charge in [0.1, 0.15) is 5.75 Å². The Morgan fingerprint density at radius 1 is 1.19 bits per heavy atom. The van der Waals surface area contributed by atoms with Gasteiger partial charge in [-0.1, -0.05) is 12.1 Å². The van der Waals surface area contributed by atoms with E-state index in [1.165, 1.54) is 7.11 Å². The number of ether oxygens (including phenoxy) is 1. The number of methoxy groups -OCH3 is 1. The molecule has 0 aliphatic carbocycles. The van der Waals surface area contributed by atoms with Gasteiger partial charge in [0.05, 0.1) is 18.6 Å². The maximum Gasteiger partial charge on any atom is 0.353 e. The van der Waals surface area contributed by atoms with Crippen LogP contribution >= 0.6 is 0 Å². The Balaban J connectivity index is 2.55. The van der Waals surface area contributed by atoms with E-state index in [2.05, 4.69) is 10.5 Å². The maximum absolute atomic E-state index is 11.5. The first kappa shape index (κ1) is 14.6. The van der Waals surface area contributed by atoms with Crippen LogP contribution in [0.2, 0.25) is 0 Å². The van der Waals surface area contributed by atoms with Gasteiger partial charge in [-0.2, -0.15) is 5.10 Å². The Morgan fingerprint density at radius 3 is 2.29 bits per heavy atom. The third-order valence-electron chi connectivity index (χ3n) is 3.21. The predicted molar refractivity (Wildman–Crippen MR) is 74.3 cm³/mol. The summed E-state index contributed by atoms with van der Waals surface area (Å²) < 4.78 is 5.04. The van der Waals surface area contributed by atoms with Crippen LogP contribution in [0.5, 0.6) is 5.75 Å². The number of hydrogen-bond donors (Lipinski definition) is 3. The number of rotatable bonds is 4. The summed E-state index contributed by atoms with van der Waals surface area (Å²) in [6.45, 7) is 1.54. The third kappa shape index (κ3) is 2.71. The number of hydrogen-bond acceptors (Lipinski definition) is 5. The molecule has 110 valence electrons. The lowest BCUT2D eigenvalue weighted by Crippen LogP contribution is -2.34. The van der Waals surface area contributed by atoms with Crippen LogP contribution in [-0.2, 0) is 9.59 Å². The van der Waals surface area contributed by atoms with Crippen LogP contribution in [0.25, 0.3) is 0 Å². The fraction of sp³-hybridized carbons (Fsp3) is 0.214. The van der Waals surface area contributed by atoms with Gasteiger partial charge in [-0.25, -0.2) is 9.59 Å². The standard InChI is InChI=1S/C14H14N2O5/c1-7-10(13(17)18)11(12(14(19)20)16-15-7)8-3-5-9(21-2)6-4-8/h3-6,11,15H,1-2H3,(H,17,18)(H,19,20). The fourth-order valence-electron chi connectivity index (χ4n) is 2.20. The average Bonchev–Trinajstić information content (AvgIpc) is 2.46. The van der Waals surface area contributed by atoms with E-state index in [1.54, 1.807) is 31.2 Å². The summed E-state index contributed by atoms with van der Waals surface area (Å²) in [4.78, 5) is 22.8. The zero-order valence-corrected chi connectivity index (χ0v) is 11.5. The molecule has 1 aliphatic heterocycles. The molecule has 2 rings (SSSR count). The Kier molecular flexibility index (Phi) is 3.93. The number of allylic oxidation sites excluding steroid dienone is 1. The van der Waals surface area contributed by atoms with E-state index in [1.807, 2.05) is 0 Å². The monoisotopic (exact) mass is 290 g/mol. The quantitative estimate of drug-likeness (QED) is 0.768. The van der Waals surface area contributed by atoms with E-state index in [0.29, 0.717) is 17.0 Å². The molecule has 7 heteroatoms. The number of aliphatic carboxylic acids is 2. The van der Waals surface area contributed by atoms with Crippen LogP contribution in [0.15, 0.2) is 40.6 Å². The van der Waals surface area contributed by atoms with Crippen molar-refractivity contribution in [2.24, 2.45) is 5.10 Å². The minimum Gasteiger partial charge on any atom is -0.497 e. The summed E-state index contributed by atoms with van der Waals surface area (Å²) in [5.41, 5.74) is 2.99. The molecular formula is C14H14N2O5. The van der Waals surface area contributed by atoms with Crippen molar-refractivity contribution in [3.05, 3.63) is 41.1 Å². The number of nitrogens with one attached hydrogen (secondary N) is 1. The van der Waals surface area contributed by atoms with Gasteiger partial charge in [-0.15, -0.1) is 0 Å². The molecule has 1 aromatic rings. The smallest absolute Gasteiger partial charge is 0.353 e. The lowest BCUT2D eigenvalue weighted by molar-refractivity contribution is -0.132. The van der Waals surface area contributed by atoms with Gasteiger partial charge < -0.3 is 14.9 Å². The van der Waals surface area contributed by atoms with Gasteiger partial charge in [0.15, 0.2) is 5.71 Å². The van der Waals surface area contributed by atoms with Crippen molar-refractivity contribution in [3.63, 3.8) is 0 Å². The topological polar surface area (TPSA) is 108 Å². The molecule has 1 aliphatic rings. The normalized spacial score (nSPS) is 17.8. The number of hydrazone groups is 1. The number of benzene rings is 1. The molecule has 0 saturated heterocycles. The molecule has 1 atom stereocenters. The highest BCUT2D eigenvalue weighted by atomic mass is 16.5. The van der Waals surface area contributed by atoms with Gasteiger partial charge in [-0.05, 0) is 24.6 Å². The van der Waals surface area contributed by atoms with Crippen molar-refractivity contribution < 1.29 is 24.5 Å². The zero-order valence-electron chi connectivity index (χ0n) is 11.5. The second-order valence-electron chi connectivity index (χ2n) is 4.46. The summed E-state index contributed by atoms with van der Waals surface area (Å²) in [6.07, 6.45) is 0. The molecule has 1 heterocycles. The Hall–Kier alpha value is -2.83. The van der Waals surface area contributed by atoms with Crippen molar-refractivity contribution in [1.29, 1.82) is 0 Å². The molecule has 1 unspecified atom stereocenters. The van der Waals surface area contributed by atoms with Crippen LogP contribution in [0, 0.1) is 0 Å². The first-order valence-electron chi connectivity index (χ1n) is 6.10. The van der Waals surface area contributed by atoms with Crippen LogP contribution in [0.4, 0.5) is 0 Å². The van der Waals surface area contributed by atoms with Gasteiger partial charge in [0.2, 0.25) is 0 Å². The van der Waals surface area contributed by atoms with Gasteiger partial charge in [0, 0.05) is 5.70 Å². The summed E-state index contributed by atoms with van der Waals surface area (Å²) in [6, 6.07) is 6.55. The molecule has 0 bridgehead atoms. The van der Waals surface area contributed by atoms with Gasteiger partial charge in [0.25, 0.3) is 0 Å². The molecule has 0 amide bonds. The van der Waals surface area contributed by atoms with Gasteiger partial charge >= 0.3 is 11.9 Å². The Labute approximate surface area is 120 Å². The van der Waals surface area contributed by atoms with E-state index in [4.69, 9.17) is 4.74 Å². The highest BCUT2D eigenvalue weighted by molar-refractivity contribution is 6.39. The third-order valence-corrected chi connectivity index (χ3v) is 3.21. The lowest BCUT2D eigenvalue weighted by Gasteiger charge is -2.24. The second kappa shape index (κ2) is 5.66. The largest absolute Gasteiger partial charge is 0.497 e. The van der Waals surface area contributed by atoms with E-state index < -0.39 is 17.9 Å². The van der Waals surface area contributed by atoms with E-state index in [9.17, 15) is 19.8 Å². The molecule has 0 spiro atoms. The summed E-state index contributed by atoms with van der Waals surface area (Å²) in [7, 11) is 1.51. The number of carbonyl (C=O) groups is 2. The zero-order chi connectivity index (χ0) is 15.6. The molecule has 0 aromatic heterocycles. The van der Waals surface area contributed by atoms with E-state index >= 15 is 0 Å². The van der Waals surface area contributed by atoms with Crippen molar-refractivity contribution in [2.45, 2.75) is 12.8 Å². The molecular weight excluding hydrogens is 276 g/mol. The summed E-state index contributed by atoms with van der Waals surface area (Å²) in [5.74, 6) is -2.80. The van der Waals surface area contributed by atoms with Crippen molar-refractivity contribution in [3.8, 4) is 5.75 Å². The first-order valence-corrected chi connectivity index (χ1v) is 6.10. The minimum atomic E-state index is -1.27. The number of carboxylic acid groups (broad SMARTS) is 2. The molecule has 0 radical (unpaired) electrons. The number of carboxylic acids is 2. The van der Waals surface area contributed by atoms with Crippen LogP contribution in [0.3, 0.4) is 0 Å². The highest BCUT2D eigenvalue weighted by Crippen LogP contribution is 2.31. The molecule has 3 N–H and O–H groups in total. The molecule has 1 aromatic carbocycles. The predicted octanol–water partition coefficient (Wildman–Crippen LogP) is 1.18. The fourth-order valence-corrected chi connectivity index (χ4v) is 2.20. The Morgan fingerprint density at radius 2 is 1.81 bits per heavy atom. The minimum absolute atomic E-state index is 0.0347. The van der Waals surface area contributed by atoms with Gasteiger partial charge in [-0.3, -0.25) is 5.43 Å². The summed E-state index contributed by atoms with van der Waals surface area (Å²) >= 11 is 0. The van der Waals surface area contributed by atoms with Crippen molar-refractivity contribution in [1.82, 2.24) is 5.43 Å². The molecule has 0 saturated carbocycles. The number of nitrogens with zero attached hydrogens (tertiary/aromatic N) is 1. The first-order chi connectivity index (χ1) is 9.95. The SMILES string of the molecule is COc1ccc(C2C(C(=O)O)=NNC(C)=C2C(=O)O)cc1. The maximum atomic E-state index is 11.5. The molecule has 21 heavy (non-hydrogen) atoms. The van der Waals surface area contributed by atoms with Crippen molar-refractivity contribution >= 4 is 17.7 Å². The van der Waals surface area contributed by atoms with E-state index in [-0.39, 0.29) is 11.3 Å².